The van der Waals surface area contributed by atoms with Gasteiger partial charge in [-0.15, -0.1) is 0 Å². The van der Waals surface area contributed by atoms with Crippen molar-refractivity contribution >= 4 is 5.82 Å². The third kappa shape index (κ3) is 4.78. The molecule has 6 nitrogen and oxygen atoms in total. The van der Waals surface area contributed by atoms with Crippen LogP contribution in [0.5, 0.6) is 5.88 Å². The summed E-state index contributed by atoms with van der Waals surface area (Å²) in [6.07, 6.45) is 8.56. The van der Waals surface area contributed by atoms with Crippen molar-refractivity contribution in [3.63, 3.8) is 0 Å². The third-order valence-corrected chi connectivity index (χ3v) is 4.26. The molecule has 2 saturated heterocycles. The molecule has 0 bridgehead atoms. The van der Waals surface area contributed by atoms with Gasteiger partial charge in [-0.3, -0.25) is 4.98 Å². The molecular formula is C17H27N3O3. The van der Waals surface area contributed by atoms with Crippen molar-refractivity contribution in [1.29, 1.82) is 0 Å². The van der Waals surface area contributed by atoms with Gasteiger partial charge in [0.1, 0.15) is 0 Å². The lowest BCUT2D eigenvalue weighted by atomic mass is 10.1. The summed E-state index contributed by atoms with van der Waals surface area (Å²) in [5.74, 6) is 1.48. The van der Waals surface area contributed by atoms with E-state index in [4.69, 9.17) is 14.2 Å². The molecule has 0 radical (unpaired) electrons. The maximum atomic E-state index is 6.02. The van der Waals surface area contributed by atoms with Crippen LogP contribution in [0, 0.1) is 0 Å². The van der Waals surface area contributed by atoms with Gasteiger partial charge in [-0.05, 0) is 39.5 Å². The Kier molecular flexibility index (Phi) is 5.67. The lowest BCUT2D eigenvalue weighted by Gasteiger charge is -2.33. The molecule has 0 aromatic carbocycles. The summed E-state index contributed by atoms with van der Waals surface area (Å²) in [4.78, 5) is 11.1. The summed E-state index contributed by atoms with van der Waals surface area (Å²) in [6, 6.07) is 0. The molecule has 2 aliphatic heterocycles. The van der Waals surface area contributed by atoms with Crippen LogP contribution < -0.4 is 9.64 Å². The van der Waals surface area contributed by atoms with Gasteiger partial charge in [0.2, 0.25) is 5.88 Å². The van der Waals surface area contributed by atoms with E-state index in [2.05, 4.69) is 14.9 Å². The predicted octanol–water partition coefficient (Wildman–Crippen LogP) is 2.43. The average molecular weight is 321 g/mol. The minimum atomic E-state index is 0.108. The number of hydrogen-bond acceptors (Lipinski definition) is 6. The molecule has 2 aliphatic rings. The van der Waals surface area contributed by atoms with Gasteiger partial charge in [-0.2, -0.15) is 4.98 Å². The van der Waals surface area contributed by atoms with Gasteiger partial charge >= 0.3 is 0 Å². The molecule has 3 heterocycles. The lowest BCUT2D eigenvalue weighted by molar-refractivity contribution is -0.0280. The molecule has 6 heteroatoms. The number of rotatable bonds is 6. The van der Waals surface area contributed by atoms with Gasteiger partial charge in [0, 0.05) is 19.7 Å². The molecule has 1 unspecified atom stereocenters. The SMILES string of the molecule is CC(C)Oc1cncc(N2CCC(OCC3CCCO3)CC2)n1. The molecule has 1 aromatic rings. The summed E-state index contributed by atoms with van der Waals surface area (Å²) >= 11 is 0. The quantitative estimate of drug-likeness (QED) is 0.802. The van der Waals surface area contributed by atoms with Gasteiger partial charge < -0.3 is 19.1 Å². The molecule has 2 fully saturated rings. The van der Waals surface area contributed by atoms with Crippen LogP contribution in [0.1, 0.15) is 39.5 Å². The summed E-state index contributed by atoms with van der Waals surface area (Å²) in [7, 11) is 0. The van der Waals surface area contributed by atoms with Crippen molar-refractivity contribution in [2.24, 2.45) is 0 Å². The van der Waals surface area contributed by atoms with Crippen LogP contribution in [0.15, 0.2) is 12.4 Å². The Morgan fingerprint density at radius 3 is 2.78 bits per heavy atom. The van der Waals surface area contributed by atoms with E-state index in [1.165, 1.54) is 6.42 Å². The van der Waals surface area contributed by atoms with Crippen molar-refractivity contribution in [1.82, 2.24) is 9.97 Å². The first-order valence-corrected chi connectivity index (χ1v) is 8.67. The summed E-state index contributed by atoms with van der Waals surface area (Å²) < 4.78 is 17.3. The highest BCUT2D eigenvalue weighted by Gasteiger charge is 2.23. The molecule has 0 amide bonds. The second kappa shape index (κ2) is 7.93. The number of aromatic nitrogens is 2. The van der Waals surface area contributed by atoms with Gasteiger partial charge in [0.25, 0.3) is 0 Å². The van der Waals surface area contributed by atoms with Gasteiger partial charge in [0.15, 0.2) is 5.82 Å². The minimum absolute atomic E-state index is 0.108. The highest BCUT2D eigenvalue weighted by Crippen LogP contribution is 2.22. The van der Waals surface area contributed by atoms with Gasteiger partial charge in [0.05, 0.1) is 37.3 Å². The number of ether oxygens (including phenoxy) is 3. The number of hydrogen-bond donors (Lipinski definition) is 0. The molecule has 1 atom stereocenters. The Bertz CT molecular complexity index is 484. The largest absolute Gasteiger partial charge is 0.474 e. The van der Waals surface area contributed by atoms with Crippen molar-refractivity contribution < 1.29 is 14.2 Å². The van der Waals surface area contributed by atoms with Crippen LogP contribution in [0.25, 0.3) is 0 Å². The van der Waals surface area contributed by atoms with E-state index >= 15 is 0 Å². The van der Waals surface area contributed by atoms with E-state index in [0.717, 1.165) is 51.4 Å². The van der Waals surface area contributed by atoms with Crippen LogP contribution in [-0.2, 0) is 9.47 Å². The summed E-state index contributed by atoms with van der Waals surface area (Å²) in [5.41, 5.74) is 0. The highest BCUT2D eigenvalue weighted by atomic mass is 16.5. The van der Waals surface area contributed by atoms with E-state index in [9.17, 15) is 0 Å². The Hall–Kier alpha value is -1.40. The maximum absolute atomic E-state index is 6.02. The summed E-state index contributed by atoms with van der Waals surface area (Å²) in [5, 5.41) is 0. The molecule has 1 aromatic heterocycles. The average Bonchev–Trinajstić information content (AvgIpc) is 3.06. The number of anilines is 1. The van der Waals surface area contributed by atoms with Crippen molar-refractivity contribution in [3.05, 3.63) is 12.4 Å². The minimum Gasteiger partial charge on any atom is -0.474 e. The second-order valence-corrected chi connectivity index (χ2v) is 6.54. The lowest BCUT2D eigenvalue weighted by Crippen LogP contribution is -2.38. The molecule has 0 aliphatic carbocycles. The van der Waals surface area contributed by atoms with Crippen LogP contribution in [0.4, 0.5) is 5.82 Å². The van der Waals surface area contributed by atoms with Crippen molar-refractivity contribution in [2.45, 2.75) is 57.8 Å². The molecule has 23 heavy (non-hydrogen) atoms. The van der Waals surface area contributed by atoms with Crippen LogP contribution in [-0.4, -0.2) is 54.6 Å². The van der Waals surface area contributed by atoms with Crippen LogP contribution in [0.2, 0.25) is 0 Å². The Labute approximate surface area is 138 Å². The standard InChI is InChI=1S/C17H27N3O3/c1-13(2)23-17-11-18-10-16(19-17)20-7-5-14(6-8-20)22-12-15-4-3-9-21-15/h10-11,13-15H,3-9,12H2,1-2H3. The monoisotopic (exact) mass is 321 g/mol. The molecule has 128 valence electrons. The Morgan fingerprint density at radius 1 is 1.26 bits per heavy atom. The Morgan fingerprint density at radius 2 is 2.09 bits per heavy atom. The second-order valence-electron chi connectivity index (χ2n) is 6.54. The van der Waals surface area contributed by atoms with Gasteiger partial charge in [-0.1, -0.05) is 0 Å². The summed E-state index contributed by atoms with van der Waals surface area (Å²) in [6.45, 7) is 7.49. The first-order chi connectivity index (χ1) is 11.2. The normalized spacial score (nSPS) is 22.7. The zero-order valence-corrected chi connectivity index (χ0v) is 14.1. The molecule has 0 N–H and O–H groups in total. The molecule has 0 spiro atoms. The van der Waals surface area contributed by atoms with Crippen LogP contribution >= 0.6 is 0 Å². The van der Waals surface area contributed by atoms with E-state index in [1.807, 2.05) is 13.8 Å². The first kappa shape index (κ1) is 16.5. The van der Waals surface area contributed by atoms with E-state index in [1.54, 1.807) is 12.4 Å². The van der Waals surface area contributed by atoms with Crippen molar-refractivity contribution in [2.75, 3.05) is 31.2 Å². The van der Waals surface area contributed by atoms with E-state index in [-0.39, 0.29) is 6.10 Å². The first-order valence-electron chi connectivity index (χ1n) is 8.67. The van der Waals surface area contributed by atoms with Crippen LogP contribution in [0.3, 0.4) is 0 Å². The zero-order chi connectivity index (χ0) is 16.1. The predicted molar refractivity (Wildman–Crippen MR) is 88.0 cm³/mol. The number of nitrogens with zero attached hydrogens (tertiary/aromatic N) is 3. The fourth-order valence-electron chi connectivity index (χ4n) is 3.06. The highest BCUT2D eigenvalue weighted by molar-refractivity contribution is 5.38. The molecule has 0 saturated carbocycles. The molecular weight excluding hydrogens is 294 g/mol. The fraction of sp³-hybridized carbons (Fsp3) is 0.765. The zero-order valence-electron chi connectivity index (χ0n) is 14.1. The smallest absolute Gasteiger partial charge is 0.234 e. The Balaban J connectivity index is 1.46. The molecule has 3 rings (SSSR count). The van der Waals surface area contributed by atoms with E-state index < -0.39 is 0 Å². The van der Waals surface area contributed by atoms with Crippen molar-refractivity contribution in [3.8, 4) is 5.88 Å². The fourth-order valence-corrected chi connectivity index (χ4v) is 3.06. The third-order valence-electron chi connectivity index (χ3n) is 4.26. The topological polar surface area (TPSA) is 56.7 Å². The number of piperidine rings is 1. The van der Waals surface area contributed by atoms with E-state index in [0.29, 0.717) is 18.1 Å². The van der Waals surface area contributed by atoms with Gasteiger partial charge in [-0.25, -0.2) is 0 Å². The maximum Gasteiger partial charge on any atom is 0.234 e.